The van der Waals surface area contributed by atoms with Gasteiger partial charge in [0.2, 0.25) is 0 Å². The molecule has 0 N–H and O–H groups in total. The highest BCUT2D eigenvalue weighted by molar-refractivity contribution is 5.17. The van der Waals surface area contributed by atoms with Crippen molar-refractivity contribution in [3.63, 3.8) is 0 Å². The molecule has 1 saturated carbocycles. The van der Waals surface area contributed by atoms with Crippen molar-refractivity contribution in [2.45, 2.75) is 83.0 Å². The molecule has 0 radical (unpaired) electrons. The van der Waals surface area contributed by atoms with Crippen LogP contribution in [0.3, 0.4) is 0 Å². The Bertz CT molecular complexity index is 1180. The molecule has 212 valence electrons. The Labute approximate surface area is 237 Å². The standard InChI is InChI=1S/C34H40O6/c1-4-5-21-35-28-29(36-22-25-15-9-6-10-16-25)31(38-24-27-19-13-8-14-20-27)33-32(39-34(2,3)40-33)30(28)37-23-26-17-11-7-12-18-26/h4-20,28-33H,21-24H2,1-3H3/b5-4+/t28-,29+,30+,31+,32-,33-/m1/s1. The van der Waals surface area contributed by atoms with E-state index in [4.69, 9.17) is 28.4 Å². The third kappa shape index (κ3) is 7.26. The van der Waals surface area contributed by atoms with Crippen molar-refractivity contribution >= 4 is 0 Å². The fourth-order valence-electron chi connectivity index (χ4n) is 5.39. The van der Waals surface area contributed by atoms with Gasteiger partial charge in [-0.25, -0.2) is 0 Å². The summed E-state index contributed by atoms with van der Waals surface area (Å²) in [5.74, 6) is -0.805. The van der Waals surface area contributed by atoms with Crippen molar-refractivity contribution in [1.82, 2.24) is 0 Å². The first-order valence-corrected chi connectivity index (χ1v) is 14.1. The Hall–Kier alpha value is -2.84. The van der Waals surface area contributed by atoms with Gasteiger partial charge in [-0.05, 0) is 37.5 Å². The normalized spacial score (nSPS) is 27.6. The fraction of sp³-hybridized carbons (Fsp3) is 0.412. The zero-order valence-electron chi connectivity index (χ0n) is 23.6. The van der Waals surface area contributed by atoms with Crippen LogP contribution in [-0.2, 0) is 48.2 Å². The second-order valence-corrected chi connectivity index (χ2v) is 10.7. The summed E-state index contributed by atoms with van der Waals surface area (Å²) in [6.45, 7) is 7.52. The van der Waals surface area contributed by atoms with E-state index in [1.807, 2.05) is 87.5 Å². The number of fused-ring (bicyclic) bond motifs is 1. The minimum atomic E-state index is -0.805. The average Bonchev–Trinajstić information content (AvgIpc) is 3.31. The third-order valence-electron chi connectivity index (χ3n) is 7.26. The Kier molecular flexibility index (Phi) is 9.81. The molecule has 3 aromatic carbocycles. The Morgan fingerprint density at radius 2 is 0.950 bits per heavy atom. The van der Waals surface area contributed by atoms with E-state index in [9.17, 15) is 0 Å². The van der Waals surface area contributed by atoms with Crippen LogP contribution in [-0.4, -0.2) is 49.0 Å². The molecule has 3 aromatic rings. The molecule has 0 amide bonds. The average molecular weight is 545 g/mol. The van der Waals surface area contributed by atoms with Gasteiger partial charge in [-0.15, -0.1) is 0 Å². The van der Waals surface area contributed by atoms with Gasteiger partial charge in [0.1, 0.15) is 36.6 Å². The molecule has 6 atom stereocenters. The van der Waals surface area contributed by atoms with E-state index in [1.165, 1.54) is 0 Å². The zero-order chi connectivity index (χ0) is 27.8. The summed E-state index contributed by atoms with van der Waals surface area (Å²) in [7, 11) is 0. The molecular weight excluding hydrogens is 504 g/mol. The van der Waals surface area contributed by atoms with Crippen molar-refractivity contribution in [3.8, 4) is 0 Å². The topological polar surface area (TPSA) is 55.4 Å². The van der Waals surface area contributed by atoms with Gasteiger partial charge >= 0.3 is 0 Å². The first-order valence-electron chi connectivity index (χ1n) is 14.1. The van der Waals surface area contributed by atoms with Gasteiger partial charge in [-0.2, -0.15) is 0 Å². The van der Waals surface area contributed by atoms with Gasteiger partial charge in [-0.3, -0.25) is 0 Å². The largest absolute Gasteiger partial charge is 0.369 e. The zero-order valence-corrected chi connectivity index (χ0v) is 23.6. The van der Waals surface area contributed by atoms with Crippen LogP contribution in [0.2, 0.25) is 0 Å². The summed E-state index contributed by atoms with van der Waals surface area (Å²) < 4.78 is 39.5. The maximum Gasteiger partial charge on any atom is 0.164 e. The van der Waals surface area contributed by atoms with Gasteiger partial charge < -0.3 is 28.4 Å². The van der Waals surface area contributed by atoms with Crippen LogP contribution in [0.1, 0.15) is 37.5 Å². The summed E-state index contributed by atoms with van der Waals surface area (Å²) >= 11 is 0. The SMILES string of the molecule is C/C=C/CO[C@@H]1[C@H](OCc2ccccc2)[C@H](OCc2ccccc2)[C@H]2OC(C)(C)O[C@@H]2[C@H]1OCc1ccccc1. The van der Waals surface area contributed by atoms with Gasteiger partial charge in [0.15, 0.2) is 5.79 Å². The first-order chi connectivity index (χ1) is 19.5. The molecule has 2 fully saturated rings. The molecular formula is C34H40O6. The molecule has 0 spiro atoms. The molecule has 40 heavy (non-hydrogen) atoms. The fourth-order valence-corrected chi connectivity index (χ4v) is 5.39. The monoisotopic (exact) mass is 544 g/mol. The lowest BCUT2D eigenvalue weighted by molar-refractivity contribution is -0.248. The van der Waals surface area contributed by atoms with E-state index in [0.29, 0.717) is 26.4 Å². The smallest absolute Gasteiger partial charge is 0.164 e. The molecule has 1 aliphatic carbocycles. The number of ether oxygens (including phenoxy) is 6. The molecule has 1 heterocycles. The van der Waals surface area contributed by atoms with Gasteiger partial charge in [0.05, 0.1) is 26.4 Å². The van der Waals surface area contributed by atoms with Crippen molar-refractivity contribution in [3.05, 3.63) is 120 Å². The van der Waals surface area contributed by atoms with Crippen molar-refractivity contribution in [1.29, 1.82) is 0 Å². The van der Waals surface area contributed by atoms with E-state index in [0.717, 1.165) is 16.7 Å². The predicted molar refractivity (Wildman–Crippen MR) is 153 cm³/mol. The van der Waals surface area contributed by atoms with Gasteiger partial charge in [0, 0.05) is 0 Å². The molecule has 2 aliphatic rings. The lowest BCUT2D eigenvalue weighted by atomic mass is 9.84. The van der Waals surface area contributed by atoms with Crippen LogP contribution < -0.4 is 0 Å². The van der Waals surface area contributed by atoms with Crippen LogP contribution in [0.25, 0.3) is 0 Å². The molecule has 0 unspecified atom stereocenters. The first kappa shape index (κ1) is 28.7. The Morgan fingerprint density at radius 1 is 0.575 bits per heavy atom. The van der Waals surface area contributed by atoms with Crippen molar-refractivity contribution in [2.75, 3.05) is 6.61 Å². The second kappa shape index (κ2) is 13.7. The highest BCUT2D eigenvalue weighted by Crippen LogP contribution is 2.42. The maximum atomic E-state index is 6.68. The number of benzene rings is 3. The number of rotatable bonds is 12. The molecule has 5 rings (SSSR count). The lowest BCUT2D eigenvalue weighted by Crippen LogP contribution is -2.65. The minimum Gasteiger partial charge on any atom is -0.369 e. The number of allylic oxidation sites excluding steroid dienone is 1. The minimum absolute atomic E-state index is 0.397. The van der Waals surface area contributed by atoms with Crippen molar-refractivity contribution in [2.24, 2.45) is 0 Å². The van der Waals surface area contributed by atoms with Crippen LogP contribution in [0.4, 0.5) is 0 Å². The molecule has 1 saturated heterocycles. The summed E-state index contributed by atoms with van der Waals surface area (Å²) in [5, 5.41) is 0. The number of hydrogen-bond donors (Lipinski definition) is 0. The quantitative estimate of drug-likeness (QED) is 0.252. The second-order valence-electron chi connectivity index (χ2n) is 10.7. The van der Waals surface area contributed by atoms with Crippen LogP contribution in [0.5, 0.6) is 0 Å². The van der Waals surface area contributed by atoms with Crippen LogP contribution in [0.15, 0.2) is 103 Å². The van der Waals surface area contributed by atoms with E-state index >= 15 is 0 Å². The molecule has 1 aliphatic heterocycles. The van der Waals surface area contributed by atoms with E-state index in [2.05, 4.69) is 36.4 Å². The highest BCUT2D eigenvalue weighted by atomic mass is 16.8. The summed E-state index contributed by atoms with van der Waals surface area (Å²) in [6.07, 6.45) is 1.37. The maximum absolute atomic E-state index is 6.68. The van der Waals surface area contributed by atoms with Gasteiger partial charge in [0.25, 0.3) is 0 Å². The van der Waals surface area contributed by atoms with E-state index in [-0.39, 0.29) is 0 Å². The molecule has 0 bridgehead atoms. The van der Waals surface area contributed by atoms with Gasteiger partial charge in [-0.1, -0.05) is 103 Å². The molecule has 6 heteroatoms. The van der Waals surface area contributed by atoms with E-state index in [1.54, 1.807) is 0 Å². The molecule has 6 nitrogen and oxygen atoms in total. The van der Waals surface area contributed by atoms with Crippen LogP contribution >= 0.6 is 0 Å². The number of hydrogen-bond acceptors (Lipinski definition) is 6. The Balaban J connectivity index is 1.47. The highest BCUT2D eigenvalue weighted by Gasteiger charge is 2.60. The third-order valence-corrected chi connectivity index (χ3v) is 7.26. The van der Waals surface area contributed by atoms with E-state index < -0.39 is 42.4 Å². The Morgan fingerprint density at radius 3 is 1.35 bits per heavy atom. The van der Waals surface area contributed by atoms with Crippen LogP contribution in [0, 0.1) is 0 Å². The molecule has 0 aromatic heterocycles. The lowest BCUT2D eigenvalue weighted by Gasteiger charge is -2.46. The predicted octanol–water partition coefficient (Wildman–Crippen LogP) is 6.24. The van der Waals surface area contributed by atoms with Crippen molar-refractivity contribution < 1.29 is 28.4 Å². The summed E-state index contributed by atoms with van der Waals surface area (Å²) in [4.78, 5) is 0. The summed E-state index contributed by atoms with van der Waals surface area (Å²) in [6, 6.07) is 30.4. The summed E-state index contributed by atoms with van der Waals surface area (Å²) in [5.41, 5.74) is 3.23.